The van der Waals surface area contributed by atoms with Gasteiger partial charge in [0.15, 0.2) is 0 Å². The first-order chi connectivity index (χ1) is 9.29. The molecule has 4 rings (SSSR count). The molecule has 1 saturated heterocycles. The number of fused-ring (bicyclic) bond motifs is 5. The molecule has 3 saturated carbocycles. The Labute approximate surface area is 116 Å². The van der Waals surface area contributed by atoms with Gasteiger partial charge in [0.05, 0.1) is 0 Å². The van der Waals surface area contributed by atoms with Gasteiger partial charge in [-0.05, 0) is 75.3 Å². The molecule has 4 fully saturated rings. The van der Waals surface area contributed by atoms with Gasteiger partial charge in [-0.1, -0.05) is 0 Å². The predicted molar refractivity (Wildman–Crippen MR) is 74.5 cm³/mol. The van der Waals surface area contributed by atoms with Gasteiger partial charge in [-0.15, -0.1) is 0 Å². The molecule has 3 nitrogen and oxygen atoms in total. The second-order valence-corrected chi connectivity index (χ2v) is 7.36. The van der Waals surface area contributed by atoms with Crippen LogP contribution < -0.4 is 5.32 Å². The van der Waals surface area contributed by atoms with Crippen molar-refractivity contribution < 1.29 is 4.79 Å². The molecule has 19 heavy (non-hydrogen) atoms. The molecule has 3 aliphatic carbocycles. The minimum Gasteiger partial charge on any atom is -0.342 e. The van der Waals surface area contributed by atoms with E-state index in [2.05, 4.69) is 10.2 Å². The zero-order valence-electron chi connectivity index (χ0n) is 12.0. The summed E-state index contributed by atoms with van der Waals surface area (Å²) in [5, 5.41) is 3.27. The lowest BCUT2D eigenvalue weighted by Gasteiger charge is -2.33. The first kappa shape index (κ1) is 12.2. The van der Waals surface area contributed by atoms with Crippen molar-refractivity contribution in [3.05, 3.63) is 0 Å². The third-order valence-corrected chi connectivity index (χ3v) is 6.34. The molecule has 0 aromatic heterocycles. The van der Waals surface area contributed by atoms with E-state index in [1.54, 1.807) is 0 Å². The fourth-order valence-corrected chi connectivity index (χ4v) is 5.59. The quantitative estimate of drug-likeness (QED) is 0.840. The van der Waals surface area contributed by atoms with Gasteiger partial charge < -0.3 is 10.2 Å². The average molecular weight is 262 g/mol. The third-order valence-electron chi connectivity index (χ3n) is 6.34. The van der Waals surface area contributed by atoms with Crippen LogP contribution in [0.4, 0.5) is 0 Å². The molecule has 2 bridgehead atoms. The van der Waals surface area contributed by atoms with Crippen molar-refractivity contribution in [3.63, 3.8) is 0 Å². The van der Waals surface area contributed by atoms with Crippen LogP contribution in [0.1, 0.15) is 32.1 Å². The second kappa shape index (κ2) is 4.47. The van der Waals surface area contributed by atoms with Gasteiger partial charge in [-0.2, -0.15) is 0 Å². The summed E-state index contributed by atoms with van der Waals surface area (Å²) in [6, 6.07) is 0. The van der Waals surface area contributed by atoms with E-state index in [0.29, 0.717) is 17.7 Å². The predicted octanol–water partition coefficient (Wildman–Crippen LogP) is 1.74. The summed E-state index contributed by atoms with van der Waals surface area (Å²) in [5.41, 5.74) is 0. The summed E-state index contributed by atoms with van der Waals surface area (Å²) in [5.74, 6) is 5.08. The van der Waals surface area contributed by atoms with E-state index in [0.717, 1.165) is 43.3 Å². The summed E-state index contributed by atoms with van der Waals surface area (Å²) in [6.45, 7) is 3.09. The van der Waals surface area contributed by atoms with Crippen molar-refractivity contribution in [2.24, 2.45) is 35.5 Å². The lowest BCUT2D eigenvalue weighted by molar-refractivity contribution is -0.135. The largest absolute Gasteiger partial charge is 0.342 e. The summed E-state index contributed by atoms with van der Waals surface area (Å²) in [7, 11) is 2.02. The number of hydrogen-bond acceptors (Lipinski definition) is 2. The number of rotatable bonds is 3. The fourth-order valence-electron chi connectivity index (χ4n) is 5.59. The Kier molecular flexibility index (Phi) is 2.87. The molecule has 4 aliphatic rings. The molecule has 3 heteroatoms. The highest BCUT2D eigenvalue weighted by atomic mass is 16.2. The Morgan fingerprint density at radius 1 is 1.21 bits per heavy atom. The van der Waals surface area contributed by atoms with Gasteiger partial charge in [0.2, 0.25) is 5.91 Å². The van der Waals surface area contributed by atoms with Gasteiger partial charge in [0.25, 0.3) is 0 Å². The highest BCUT2D eigenvalue weighted by molar-refractivity contribution is 5.83. The molecule has 1 N–H and O–H groups in total. The number of carbonyl (C=O) groups is 1. The van der Waals surface area contributed by atoms with Crippen molar-refractivity contribution in [2.45, 2.75) is 32.1 Å². The average Bonchev–Trinajstić information content (AvgIpc) is 2.86. The molecule has 0 radical (unpaired) electrons. The monoisotopic (exact) mass is 262 g/mol. The molecular weight excluding hydrogens is 236 g/mol. The van der Waals surface area contributed by atoms with E-state index in [1.807, 2.05) is 7.05 Å². The van der Waals surface area contributed by atoms with Crippen molar-refractivity contribution in [1.29, 1.82) is 0 Å². The Morgan fingerprint density at radius 2 is 1.95 bits per heavy atom. The molecule has 0 aromatic rings. The van der Waals surface area contributed by atoms with Gasteiger partial charge in [-0.3, -0.25) is 4.79 Å². The third kappa shape index (κ3) is 1.84. The number of piperidine rings is 1. The Bertz CT molecular complexity index is 365. The summed E-state index contributed by atoms with van der Waals surface area (Å²) >= 11 is 0. The maximum Gasteiger partial charge on any atom is 0.226 e. The maximum absolute atomic E-state index is 12.7. The number of nitrogens with zero attached hydrogens (tertiary/aromatic N) is 1. The van der Waals surface area contributed by atoms with Crippen LogP contribution in [0.3, 0.4) is 0 Å². The van der Waals surface area contributed by atoms with Gasteiger partial charge >= 0.3 is 0 Å². The molecule has 1 heterocycles. The van der Waals surface area contributed by atoms with E-state index >= 15 is 0 Å². The highest BCUT2D eigenvalue weighted by Crippen LogP contribution is 2.69. The minimum absolute atomic E-state index is 0.444. The van der Waals surface area contributed by atoms with E-state index < -0.39 is 0 Å². The van der Waals surface area contributed by atoms with E-state index in [-0.39, 0.29) is 0 Å². The minimum atomic E-state index is 0.444. The molecule has 0 aromatic carbocycles. The molecule has 5 unspecified atom stereocenters. The smallest absolute Gasteiger partial charge is 0.226 e. The maximum atomic E-state index is 12.7. The normalized spacial score (nSPS) is 47.3. The van der Waals surface area contributed by atoms with Crippen LogP contribution in [0.15, 0.2) is 0 Å². The summed E-state index contributed by atoms with van der Waals surface area (Å²) in [4.78, 5) is 15.0. The lowest BCUT2D eigenvalue weighted by Crippen LogP contribution is -2.43. The van der Waals surface area contributed by atoms with Crippen molar-refractivity contribution in [1.82, 2.24) is 10.2 Å². The Balaban J connectivity index is 1.39. The van der Waals surface area contributed by atoms with Crippen LogP contribution in [0, 0.1) is 35.5 Å². The van der Waals surface area contributed by atoms with Gasteiger partial charge in [-0.25, -0.2) is 0 Å². The molecule has 5 atom stereocenters. The topological polar surface area (TPSA) is 32.3 Å². The molecule has 1 amide bonds. The van der Waals surface area contributed by atoms with Crippen molar-refractivity contribution in [2.75, 3.05) is 26.7 Å². The lowest BCUT2D eigenvalue weighted by atomic mass is 9.96. The van der Waals surface area contributed by atoms with Crippen LogP contribution in [-0.4, -0.2) is 37.5 Å². The summed E-state index contributed by atoms with van der Waals surface area (Å²) in [6.07, 6.45) is 6.76. The van der Waals surface area contributed by atoms with Crippen LogP contribution in [0.2, 0.25) is 0 Å². The number of amides is 1. The highest BCUT2D eigenvalue weighted by Gasteiger charge is 2.68. The van der Waals surface area contributed by atoms with Gasteiger partial charge in [0.1, 0.15) is 0 Å². The molecule has 106 valence electrons. The van der Waals surface area contributed by atoms with E-state index in [1.165, 1.54) is 32.1 Å². The second-order valence-electron chi connectivity index (χ2n) is 7.36. The Morgan fingerprint density at radius 3 is 2.63 bits per heavy atom. The van der Waals surface area contributed by atoms with Crippen LogP contribution in [0.5, 0.6) is 0 Å². The number of carbonyl (C=O) groups excluding carboxylic acids is 1. The zero-order valence-corrected chi connectivity index (χ0v) is 12.0. The standard InChI is InChI=1S/C16H26N2O/c1-17-8-10-3-2-6-18(9-10)16(19)15-13-11-4-5-12(7-11)14(13)15/h10-15,17H,2-9H2,1H3. The zero-order chi connectivity index (χ0) is 13.0. The molecule has 1 aliphatic heterocycles. The number of likely N-dealkylation sites (tertiary alicyclic amines) is 1. The van der Waals surface area contributed by atoms with E-state index in [4.69, 9.17) is 0 Å². The van der Waals surface area contributed by atoms with Gasteiger partial charge in [0, 0.05) is 19.0 Å². The van der Waals surface area contributed by atoms with Crippen LogP contribution in [-0.2, 0) is 4.79 Å². The van der Waals surface area contributed by atoms with E-state index in [9.17, 15) is 4.79 Å². The molecule has 0 spiro atoms. The van der Waals surface area contributed by atoms with Crippen LogP contribution in [0.25, 0.3) is 0 Å². The SMILES string of the molecule is CNCC1CCCN(C(=O)C2C3C4CCC(C4)C23)C1. The Hall–Kier alpha value is -0.570. The fraction of sp³-hybridized carbons (Fsp3) is 0.938. The molecular formula is C16H26N2O. The number of hydrogen-bond donors (Lipinski definition) is 1. The first-order valence-electron chi connectivity index (χ1n) is 8.23. The van der Waals surface area contributed by atoms with Crippen molar-refractivity contribution >= 4 is 5.91 Å². The first-order valence-corrected chi connectivity index (χ1v) is 8.23. The van der Waals surface area contributed by atoms with Crippen molar-refractivity contribution in [3.8, 4) is 0 Å². The number of nitrogens with one attached hydrogen (secondary N) is 1. The van der Waals surface area contributed by atoms with Crippen LogP contribution >= 0.6 is 0 Å². The summed E-state index contributed by atoms with van der Waals surface area (Å²) < 4.78 is 0.